The summed E-state index contributed by atoms with van der Waals surface area (Å²) < 4.78 is 38.7. The Morgan fingerprint density at radius 1 is 1.26 bits per heavy atom. The first-order valence-corrected chi connectivity index (χ1v) is 12.5. The number of hydrogen-bond acceptors (Lipinski definition) is 7. The van der Waals surface area contributed by atoms with Gasteiger partial charge in [-0.2, -0.15) is 15.2 Å². The molecule has 12 heteroatoms. The van der Waals surface area contributed by atoms with Crippen LogP contribution < -0.4 is 10.6 Å². The Kier molecular flexibility index (Phi) is 10.0. The molecule has 1 aliphatic rings. The van der Waals surface area contributed by atoms with Crippen LogP contribution >= 0.6 is 0 Å². The molecule has 0 radical (unpaired) electrons. The molecule has 2 N–H and O–H groups in total. The van der Waals surface area contributed by atoms with E-state index in [0.717, 1.165) is 27.9 Å². The minimum absolute atomic E-state index is 0.0781. The predicted octanol–water partition coefficient (Wildman–Crippen LogP) is 5.39. The number of likely N-dealkylation sites (tertiary alicyclic amines) is 1. The number of azo groups is 1. The molecule has 2 atom stereocenters. The monoisotopic (exact) mass is 532 g/mol. The van der Waals surface area contributed by atoms with Gasteiger partial charge < -0.3 is 15.5 Å². The lowest BCUT2D eigenvalue weighted by molar-refractivity contribution is -0.131. The Balaban J connectivity index is 0.000000599. The fraction of sp³-hybridized carbons (Fsp3) is 0.500. The summed E-state index contributed by atoms with van der Waals surface area (Å²) in [5, 5.41) is 18.8. The molecule has 206 valence electrons. The summed E-state index contributed by atoms with van der Waals surface area (Å²) in [5.41, 5.74) is 4.66. The number of aromatic nitrogens is 3. The molecule has 4 rings (SSSR count). The summed E-state index contributed by atoms with van der Waals surface area (Å²) in [7, 11) is 3.44. The quantitative estimate of drug-likeness (QED) is 0.398. The molecule has 0 saturated carbocycles. The molecule has 0 bridgehead atoms. The number of fused-ring (bicyclic) bond motifs is 1. The number of amides is 1. The molecule has 2 aromatic heterocycles. The van der Waals surface area contributed by atoms with Crippen molar-refractivity contribution in [3.8, 4) is 11.1 Å². The van der Waals surface area contributed by atoms with Crippen molar-refractivity contribution >= 4 is 28.9 Å². The highest BCUT2D eigenvalue weighted by Gasteiger charge is 2.31. The predicted molar refractivity (Wildman–Crippen MR) is 143 cm³/mol. The van der Waals surface area contributed by atoms with Gasteiger partial charge in [-0.05, 0) is 42.7 Å². The number of piperidine rings is 1. The SMILES string of the molecule is CC(CF)CF.CN=Nc1ccc(-c2ccn3nc(NC4CCN(C(C)=O)CC4F)nc(NC)c23)cc1C. The second-order valence-corrected chi connectivity index (χ2v) is 9.29. The highest BCUT2D eigenvalue weighted by molar-refractivity contribution is 5.89. The summed E-state index contributed by atoms with van der Waals surface area (Å²) in [5.74, 6) is 0.462. The van der Waals surface area contributed by atoms with Crippen molar-refractivity contribution in [3.63, 3.8) is 0 Å². The van der Waals surface area contributed by atoms with E-state index in [2.05, 4.69) is 37.0 Å². The van der Waals surface area contributed by atoms with Gasteiger partial charge in [-0.3, -0.25) is 13.6 Å². The van der Waals surface area contributed by atoms with Gasteiger partial charge in [0.2, 0.25) is 11.9 Å². The van der Waals surface area contributed by atoms with Gasteiger partial charge in [0.1, 0.15) is 11.7 Å². The van der Waals surface area contributed by atoms with Crippen LogP contribution in [0.1, 0.15) is 25.8 Å². The van der Waals surface area contributed by atoms with E-state index in [-0.39, 0.29) is 12.5 Å². The maximum absolute atomic E-state index is 14.6. The van der Waals surface area contributed by atoms with Crippen LogP contribution in [0.25, 0.3) is 16.6 Å². The molecule has 1 amide bonds. The number of halogens is 3. The molecule has 0 spiro atoms. The lowest BCUT2D eigenvalue weighted by atomic mass is 10.0. The third kappa shape index (κ3) is 6.78. The van der Waals surface area contributed by atoms with E-state index in [1.54, 1.807) is 18.6 Å². The zero-order chi connectivity index (χ0) is 27.8. The fourth-order valence-electron chi connectivity index (χ4n) is 4.10. The number of rotatable bonds is 7. The zero-order valence-electron chi connectivity index (χ0n) is 22.4. The Bertz CT molecular complexity index is 1260. The van der Waals surface area contributed by atoms with Crippen LogP contribution in [0.2, 0.25) is 0 Å². The number of carbonyl (C=O) groups excluding carboxylic acids is 1. The first-order valence-electron chi connectivity index (χ1n) is 12.5. The largest absolute Gasteiger partial charge is 0.371 e. The first kappa shape index (κ1) is 28.9. The van der Waals surface area contributed by atoms with Crippen molar-refractivity contribution in [2.24, 2.45) is 16.1 Å². The van der Waals surface area contributed by atoms with Crippen LogP contribution in [0.4, 0.5) is 30.6 Å². The molecular weight excluding hydrogens is 497 g/mol. The standard InChI is InChI=1S/C22H27FN8O.C4H8F2/c1-13-11-15(5-6-18(13)28-25-4)16-7-10-31-20(16)21(24-3)27-22(29-31)26-19-8-9-30(14(2)32)12-17(19)23;1-4(2-5)3-6/h5-7,10-11,17,19H,8-9,12H2,1-4H3,(H2,24,26,27,29);4H,2-3H2,1H3. The van der Waals surface area contributed by atoms with Gasteiger partial charge in [-0.1, -0.05) is 13.0 Å². The van der Waals surface area contributed by atoms with Crippen LogP contribution in [-0.4, -0.2) is 78.2 Å². The van der Waals surface area contributed by atoms with Crippen LogP contribution in [0.3, 0.4) is 0 Å². The van der Waals surface area contributed by atoms with Crippen molar-refractivity contribution in [3.05, 3.63) is 36.0 Å². The van der Waals surface area contributed by atoms with Gasteiger partial charge in [-0.15, -0.1) is 5.10 Å². The normalized spacial score (nSPS) is 17.6. The second kappa shape index (κ2) is 13.2. The molecule has 38 heavy (non-hydrogen) atoms. The molecule has 9 nitrogen and oxygen atoms in total. The Morgan fingerprint density at radius 3 is 2.55 bits per heavy atom. The number of nitrogens with zero attached hydrogens (tertiary/aromatic N) is 6. The van der Waals surface area contributed by atoms with Gasteiger partial charge in [-0.25, -0.2) is 8.91 Å². The van der Waals surface area contributed by atoms with Crippen molar-refractivity contribution in [2.75, 3.05) is 51.2 Å². The Morgan fingerprint density at radius 2 is 2.00 bits per heavy atom. The zero-order valence-corrected chi connectivity index (χ0v) is 22.4. The number of nitrogens with one attached hydrogen (secondary N) is 2. The number of benzene rings is 1. The number of carbonyl (C=O) groups is 1. The smallest absolute Gasteiger partial charge is 0.243 e. The van der Waals surface area contributed by atoms with E-state index >= 15 is 0 Å². The molecule has 0 aliphatic carbocycles. The van der Waals surface area contributed by atoms with Gasteiger partial charge >= 0.3 is 0 Å². The molecule has 1 saturated heterocycles. The molecule has 1 aromatic carbocycles. The summed E-state index contributed by atoms with van der Waals surface area (Å²) in [4.78, 5) is 17.6. The van der Waals surface area contributed by atoms with Crippen molar-refractivity contribution in [1.82, 2.24) is 19.5 Å². The van der Waals surface area contributed by atoms with Crippen molar-refractivity contribution < 1.29 is 18.0 Å². The van der Waals surface area contributed by atoms with E-state index in [0.29, 0.717) is 24.7 Å². The topological polar surface area (TPSA) is 99.3 Å². The summed E-state index contributed by atoms with van der Waals surface area (Å²) in [6, 6.07) is 7.51. The molecule has 3 aromatic rings. The molecule has 1 fully saturated rings. The summed E-state index contributed by atoms with van der Waals surface area (Å²) in [6.07, 6.45) is 1.17. The average molecular weight is 533 g/mol. The second-order valence-electron chi connectivity index (χ2n) is 9.29. The number of alkyl halides is 3. The summed E-state index contributed by atoms with van der Waals surface area (Å²) >= 11 is 0. The Hall–Kier alpha value is -3.70. The minimum atomic E-state index is -1.19. The average Bonchev–Trinajstić information content (AvgIpc) is 3.34. The molecule has 3 heterocycles. The van der Waals surface area contributed by atoms with E-state index in [9.17, 15) is 18.0 Å². The molecular formula is C26H35F3N8O. The van der Waals surface area contributed by atoms with Gasteiger partial charge in [0, 0.05) is 45.2 Å². The highest BCUT2D eigenvalue weighted by atomic mass is 19.1. The van der Waals surface area contributed by atoms with E-state index in [1.165, 1.54) is 18.7 Å². The van der Waals surface area contributed by atoms with Crippen molar-refractivity contribution in [1.29, 1.82) is 0 Å². The molecule has 2 unspecified atom stereocenters. The van der Waals surface area contributed by atoms with E-state index in [4.69, 9.17) is 0 Å². The minimum Gasteiger partial charge on any atom is -0.371 e. The lowest BCUT2D eigenvalue weighted by Crippen LogP contribution is -2.49. The highest BCUT2D eigenvalue weighted by Crippen LogP contribution is 2.33. The first-order chi connectivity index (χ1) is 18.2. The number of hydrogen-bond donors (Lipinski definition) is 2. The van der Waals surface area contributed by atoms with Crippen molar-refractivity contribution in [2.45, 2.75) is 39.4 Å². The van der Waals surface area contributed by atoms with E-state index < -0.39 is 31.5 Å². The van der Waals surface area contributed by atoms with Crippen LogP contribution in [0.15, 0.2) is 40.7 Å². The van der Waals surface area contributed by atoms with Crippen LogP contribution in [0, 0.1) is 12.8 Å². The maximum atomic E-state index is 14.6. The van der Waals surface area contributed by atoms with Gasteiger partial charge in [0.15, 0.2) is 5.82 Å². The number of aryl methyl sites for hydroxylation is 1. The third-order valence-corrected chi connectivity index (χ3v) is 6.29. The molecule has 1 aliphatic heterocycles. The lowest BCUT2D eigenvalue weighted by Gasteiger charge is -2.34. The maximum Gasteiger partial charge on any atom is 0.243 e. The number of anilines is 2. The third-order valence-electron chi connectivity index (χ3n) is 6.29. The van der Waals surface area contributed by atoms with Crippen LogP contribution in [-0.2, 0) is 4.79 Å². The summed E-state index contributed by atoms with van der Waals surface area (Å²) in [6.45, 7) is 4.48. The van der Waals surface area contributed by atoms with Crippen LogP contribution in [0.5, 0.6) is 0 Å². The van der Waals surface area contributed by atoms with Gasteiger partial charge in [0.25, 0.3) is 0 Å². The van der Waals surface area contributed by atoms with E-state index in [1.807, 2.05) is 31.3 Å². The Labute approximate surface area is 220 Å². The fourth-order valence-corrected chi connectivity index (χ4v) is 4.10. The van der Waals surface area contributed by atoms with Gasteiger partial charge in [0.05, 0.1) is 31.6 Å².